The number of nitrogens with two attached hydrogens (primary N) is 1. The van der Waals surface area contributed by atoms with Gasteiger partial charge in [-0.1, -0.05) is 84.0 Å². The Morgan fingerprint density at radius 3 is 2.08 bits per heavy atom. The first-order chi connectivity index (χ1) is 31.3. The van der Waals surface area contributed by atoms with Gasteiger partial charge in [-0.15, -0.1) is 11.8 Å². The topological polar surface area (TPSA) is 277 Å². The van der Waals surface area contributed by atoms with Crippen molar-refractivity contribution in [2.75, 3.05) is 51.8 Å². The minimum atomic E-state index is -1.09. The summed E-state index contributed by atoms with van der Waals surface area (Å²) in [6, 6.07) is -0.793. The molecule has 1 unspecified atom stereocenters. The molecular weight excluding hydrogens is 861 g/mol. The number of carbonyl (C=O) groups excluding carboxylic acids is 6. The molecule has 4 amide bonds. The smallest absolute Gasteiger partial charge is 0.306 e. The third-order valence-corrected chi connectivity index (χ3v) is 12.7. The van der Waals surface area contributed by atoms with Gasteiger partial charge in [0.1, 0.15) is 12.4 Å². The number of carboxylic acid groups (broad SMARTS) is 2. The Morgan fingerprint density at radius 1 is 0.815 bits per heavy atom. The number of carbonyl (C=O) groups is 8. The summed E-state index contributed by atoms with van der Waals surface area (Å²) in [6.45, 7) is 2.55. The number of hydrogen-bond acceptors (Lipinski definition) is 13. The molecular formula is C46H78N6O12S. The highest BCUT2D eigenvalue weighted by atomic mass is 32.2. The Balaban J connectivity index is 0.0000218. The summed E-state index contributed by atoms with van der Waals surface area (Å²) in [4.78, 5) is 105. The van der Waals surface area contributed by atoms with E-state index in [4.69, 9.17) is 20.3 Å². The number of ether oxygens (including phenoxy) is 2. The molecule has 0 bridgehead atoms. The molecule has 65 heavy (non-hydrogen) atoms. The Labute approximate surface area is 389 Å². The molecule has 2 rings (SSSR count). The second-order valence-corrected chi connectivity index (χ2v) is 18.3. The van der Waals surface area contributed by atoms with E-state index in [1.807, 2.05) is 0 Å². The molecule has 2 heterocycles. The van der Waals surface area contributed by atoms with Crippen LogP contribution in [0.5, 0.6) is 0 Å². The lowest BCUT2D eigenvalue weighted by Crippen LogP contribution is -2.36. The van der Waals surface area contributed by atoms with Crippen molar-refractivity contribution in [3.8, 4) is 0 Å². The summed E-state index contributed by atoms with van der Waals surface area (Å²) in [5.74, 6) is -4.22. The second-order valence-electron chi connectivity index (χ2n) is 17.0. The number of imidazole rings is 1. The van der Waals surface area contributed by atoms with Gasteiger partial charge in [0.25, 0.3) is 0 Å². The molecule has 0 saturated carbocycles. The summed E-state index contributed by atoms with van der Waals surface area (Å²) in [5, 5.41) is 23.4. The first kappa shape index (κ1) is 56.9. The van der Waals surface area contributed by atoms with E-state index < -0.39 is 29.8 Å². The highest BCUT2D eigenvalue weighted by Crippen LogP contribution is 2.27. The van der Waals surface area contributed by atoms with Crippen molar-refractivity contribution in [1.82, 2.24) is 25.5 Å². The number of thioether (sulfide) groups is 1. The molecule has 0 spiro atoms. The van der Waals surface area contributed by atoms with E-state index in [1.54, 1.807) is 13.1 Å². The Morgan fingerprint density at radius 2 is 1.45 bits per heavy atom. The van der Waals surface area contributed by atoms with E-state index in [2.05, 4.69) is 20.6 Å². The number of nitrogens with one attached hydrogen (secondary N) is 3. The number of unbranched alkanes of at least 4 members (excludes halogenated alkanes) is 13. The number of aromatic amines is 1. The van der Waals surface area contributed by atoms with Crippen molar-refractivity contribution in [2.24, 2.45) is 17.6 Å². The minimum Gasteiger partial charge on any atom is -0.481 e. The number of nitrogens with zero attached hydrogens (tertiary/aromatic N) is 2. The van der Waals surface area contributed by atoms with Gasteiger partial charge < -0.3 is 41.0 Å². The van der Waals surface area contributed by atoms with Gasteiger partial charge in [-0.3, -0.25) is 43.3 Å². The standard InChI is InChI=1S/C46H76N6O12S.H2/c1-34(27-39(54)37(47)29-36-31-48-33-51-36)38(53)28-35(46(61)62)17-14-15-20-49-42(56)32-64-25-24-63-23-21-50-41(55)19-22-52-43(57)30-40(45(52)60)65-26-16-12-10-8-6-4-2-3-5-7-9-11-13-18-44(58)59;/h31,33-35,37,40H,2-30,32,47H2,1H3,(H,48,51)(H,49,56)(H,50,55)(H,58,59)(H,61,62);1H/t34-,35+,37-,40?;/m0./s1. The summed E-state index contributed by atoms with van der Waals surface area (Å²) in [5.41, 5.74) is 6.68. The zero-order valence-electron chi connectivity index (χ0n) is 38.5. The largest absolute Gasteiger partial charge is 0.481 e. The minimum absolute atomic E-state index is 0. The number of amides is 4. The van der Waals surface area contributed by atoms with Gasteiger partial charge in [0.15, 0.2) is 5.78 Å². The van der Waals surface area contributed by atoms with E-state index in [-0.39, 0.29) is 126 Å². The Kier molecular flexibility index (Phi) is 30.7. The average Bonchev–Trinajstić information content (AvgIpc) is 3.88. The number of H-pyrrole nitrogens is 1. The molecule has 0 aliphatic carbocycles. The van der Waals surface area contributed by atoms with Crippen LogP contribution in [0.4, 0.5) is 0 Å². The number of imide groups is 1. The molecule has 7 N–H and O–H groups in total. The molecule has 1 aromatic rings. The van der Waals surface area contributed by atoms with Gasteiger partial charge in [-0.2, -0.15) is 0 Å². The highest BCUT2D eigenvalue weighted by Gasteiger charge is 2.38. The quantitative estimate of drug-likeness (QED) is 0.0371. The lowest BCUT2D eigenvalue weighted by atomic mass is 9.88. The summed E-state index contributed by atoms with van der Waals surface area (Å²) >= 11 is 1.53. The fraction of sp³-hybridized carbons (Fsp3) is 0.761. The van der Waals surface area contributed by atoms with Crippen molar-refractivity contribution < 1.29 is 59.5 Å². The van der Waals surface area contributed by atoms with Gasteiger partial charge in [0.05, 0.1) is 43.4 Å². The number of rotatable bonds is 42. The van der Waals surface area contributed by atoms with Gasteiger partial charge in [-0.05, 0) is 31.4 Å². The molecule has 1 saturated heterocycles. The zero-order valence-corrected chi connectivity index (χ0v) is 39.4. The SMILES string of the molecule is C[C@@H](CC(=O)[C@@H](N)Cc1cnc[nH]1)C(=O)C[C@@H](CCCCNC(=O)COCCOCCNC(=O)CCN1C(=O)CC(SCCCCCCCCCCCCCCCC(=O)O)C1=O)C(=O)O.[HH]. The molecule has 1 aliphatic rings. The van der Waals surface area contributed by atoms with Crippen LogP contribution in [0.25, 0.3) is 0 Å². The number of aromatic nitrogens is 2. The maximum atomic E-state index is 12.8. The summed E-state index contributed by atoms with van der Waals surface area (Å²) in [6.07, 6.45) is 19.5. The van der Waals surface area contributed by atoms with E-state index >= 15 is 0 Å². The monoisotopic (exact) mass is 939 g/mol. The number of aliphatic carboxylic acids is 2. The predicted molar refractivity (Wildman–Crippen MR) is 248 cm³/mol. The van der Waals surface area contributed by atoms with Gasteiger partial charge in [0, 0.05) is 77.4 Å². The Bertz CT molecular complexity index is 1590. The third kappa shape index (κ3) is 27.1. The van der Waals surface area contributed by atoms with Crippen molar-refractivity contribution in [2.45, 2.75) is 159 Å². The molecule has 4 atom stereocenters. The normalized spacial score (nSPS) is 15.2. The van der Waals surface area contributed by atoms with Crippen LogP contribution in [0.3, 0.4) is 0 Å². The van der Waals surface area contributed by atoms with Crippen LogP contribution >= 0.6 is 11.8 Å². The summed E-state index contributed by atoms with van der Waals surface area (Å²) in [7, 11) is 0. The second kappa shape index (κ2) is 35.1. The molecule has 1 aliphatic heterocycles. The first-order valence-corrected chi connectivity index (χ1v) is 24.7. The summed E-state index contributed by atoms with van der Waals surface area (Å²) < 4.78 is 10.8. The molecule has 1 fully saturated rings. The van der Waals surface area contributed by atoms with E-state index in [9.17, 15) is 43.5 Å². The van der Waals surface area contributed by atoms with E-state index in [0.717, 1.165) is 44.3 Å². The molecule has 1 aromatic heterocycles. The lowest BCUT2D eigenvalue weighted by molar-refractivity contribution is -0.144. The van der Waals surface area contributed by atoms with Crippen LogP contribution in [0.1, 0.15) is 149 Å². The van der Waals surface area contributed by atoms with Gasteiger partial charge in [-0.25, -0.2) is 4.98 Å². The average molecular weight is 939 g/mol. The predicted octanol–water partition coefficient (Wildman–Crippen LogP) is 5.01. The number of carboxylic acids is 2. The maximum absolute atomic E-state index is 12.8. The van der Waals surface area contributed by atoms with Crippen LogP contribution in [-0.2, 0) is 54.3 Å². The molecule has 370 valence electrons. The Hall–Kier alpha value is -4.20. The molecule has 18 nitrogen and oxygen atoms in total. The van der Waals surface area contributed by atoms with Crippen molar-refractivity contribution >= 4 is 58.9 Å². The van der Waals surface area contributed by atoms with Gasteiger partial charge in [0.2, 0.25) is 23.6 Å². The number of likely N-dealkylation sites (tertiary alicyclic amines) is 1. The third-order valence-electron chi connectivity index (χ3n) is 11.4. The lowest BCUT2D eigenvalue weighted by Gasteiger charge is -2.16. The van der Waals surface area contributed by atoms with Crippen LogP contribution < -0.4 is 16.4 Å². The fourth-order valence-electron chi connectivity index (χ4n) is 7.38. The van der Waals surface area contributed by atoms with Crippen molar-refractivity contribution in [3.05, 3.63) is 18.2 Å². The van der Waals surface area contributed by atoms with Crippen LogP contribution in [0.15, 0.2) is 12.5 Å². The van der Waals surface area contributed by atoms with E-state index in [0.29, 0.717) is 25.1 Å². The van der Waals surface area contributed by atoms with Crippen molar-refractivity contribution in [1.29, 1.82) is 0 Å². The number of Topliss-reactive ketones (excluding diaryl/α,β-unsaturated/α-hetero) is 2. The molecule has 0 aromatic carbocycles. The number of ketones is 2. The number of hydrogen-bond donors (Lipinski definition) is 6. The maximum Gasteiger partial charge on any atom is 0.306 e. The highest BCUT2D eigenvalue weighted by molar-refractivity contribution is 8.00. The van der Waals surface area contributed by atoms with Crippen LogP contribution in [0, 0.1) is 11.8 Å². The van der Waals surface area contributed by atoms with Crippen LogP contribution in [0.2, 0.25) is 0 Å². The zero-order chi connectivity index (χ0) is 47.7. The van der Waals surface area contributed by atoms with Crippen molar-refractivity contribution in [3.63, 3.8) is 0 Å². The van der Waals surface area contributed by atoms with E-state index in [1.165, 1.54) is 67.9 Å². The van der Waals surface area contributed by atoms with Crippen LogP contribution in [-0.4, -0.2) is 135 Å². The molecule has 19 heteroatoms. The first-order valence-electron chi connectivity index (χ1n) is 23.7. The molecule has 0 radical (unpaired) electrons. The van der Waals surface area contributed by atoms with Gasteiger partial charge >= 0.3 is 11.9 Å². The fourth-order valence-corrected chi connectivity index (χ4v) is 8.57.